The average molecular weight is 825 g/mol. The maximum absolute atomic E-state index is 13.0. The van der Waals surface area contributed by atoms with Gasteiger partial charge < -0.3 is 39.8 Å². The number of aryl methyl sites for hydroxylation is 1. The molecule has 0 radical (unpaired) electrons. The molecule has 0 heterocycles. The van der Waals surface area contributed by atoms with Gasteiger partial charge in [0.15, 0.2) is 0 Å². The normalized spacial score (nSPS) is 14.1. The van der Waals surface area contributed by atoms with Crippen LogP contribution in [0.2, 0.25) is 0 Å². The van der Waals surface area contributed by atoms with Gasteiger partial charge in [0.25, 0.3) is 0 Å². The molecule has 2 unspecified atom stereocenters. The molecule has 0 fully saturated rings. The summed E-state index contributed by atoms with van der Waals surface area (Å²) < 4.78 is 23.8. The van der Waals surface area contributed by atoms with Crippen LogP contribution in [0.3, 0.4) is 0 Å². The summed E-state index contributed by atoms with van der Waals surface area (Å²) in [6, 6.07) is 24.2. The number of allylic oxidation sites excluding steroid dienone is 4. The van der Waals surface area contributed by atoms with Crippen LogP contribution < -0.4 is 20.7 Å². The van der Waals surface area contributed by atoms with E-state index in [0.717, 1.165) is 57.3 Å². The summed E-state index contributed by atoms with van der Waals surface area (Å²) in [6.07, 6.45) is 9.88. The van der Waals surface area contributed by atoms with Gasteiger partial charge in [0.1, 0.15) is 24.7 Å². The SMILES string of the molecule is CCN/C(COCCN)=C(/COc1ccc(COC2=CCC=C(C(C)Sc3ccccc3N(CCN(C)C)C(=O)CC)C=C2)cc1)C(CC(=O)OC)c1ccccc1C. The largest absolute Gasteiger partial charge is 0.489 e. The van der Waals surface area contributed by atoms with Gasteiger partial charge >= 0.3 is 5.97 Å². The molecule has 1 aliphatic rings. The lowest BCUT2D eigenvalue weighted by atomic mass is 9.84. The Balaban J connectivity index is 1.42. The fraction of sp³-hybridized carbons (Fsp3) is 0.417. The first-order valence-corrected chi connectivity index (χ1v) is 21.5. The van der Waals surface area contributed by atoms with Crippen molar-refractivity contribution in [1.82, 2.24) is 10.2 Å². The number of carbonyl (C=O) groups is 2. The van der Waals surface area contributed by atoms with E-state index in [1.807, 2.05) is 107 Å². The van der Waals surface area contributed by atoms with Gasteiger partial charge in [0, 0.05) is 54.4 Å². The number of rotatable bonds is 24. The van der Waals surface area contributed by atoms with Gasteiger partial charge in [-0.25, -0.2) is 0 Å². The van der Waals surface area contributed by atoms with Crippen molar-refractivity contribution in [1.29, 1.82) is 0 Å². The van der Waals surface area contributed by atoms with Crippen LogP contribution in [0.4, 0.5) is 5.69 Å². The Hall–Kier alpha value is -4.81. The number of hydrogen-bond acceptors (Lipinski definition) is 10. The molecule has 1 aliphatic carbocycles. The van der Waals surface area contributed by atoms with Crippen molar-refractivity contribution in [3.63, 3.8) is 0 Å². The number of likely N-dealkylation sites (N-methyl/N-ethyl adjacent to an activating group) is 2. The van der Waals surface area contributed by atoms with E-state index in [0.29, 0.717) is 51.6 Å². The van der Waals surface area contributed by atoms with Gasteiger partial charge in [-0.1, -0.05) is 67.6 Å². The number of benzene rings is 3. The van der Waals surface area contributed by atoms with Crippen molar-refractivity contribution in [2.45, 2.75) is 69.6 Å². The molecule has 11 heteroatoms. The second-order valence-corrected chi connectivity index (χ2v) is 16.0. The van der Waals surface area contributed by atoms with Gasteiger partial charge in [0.05, 0.1) is 32.4 Å². The Bertz CT molecular complexity index is 1920. The molecule has 4 rings (SSSR count). The number of anilines is 1. The minimum Gasteiger partial charge on any atom is -0.489 e. The van der Waals surface area contributed by atoms with E-state index >= 15 is 0 Å². The summed E-state index contributed by atoms with van der Waals surface area (Å²) in [4.78, 5) is 30.9. The second-order valence-electron chi connectivity index (χ2n) is 14.6. The maximum atomic E-state index is 13.0. The fourth-order valence-electron chi connectivity index (χ4n) is 6.73. The number of carbonyl (C=O) groups excluding carboxylic acids is 2. The zero-order chi connectivity index (χ0) is 42.6. The third-order valence-corrected chi connectivity index (χ3v) is 11.2. The number of esters is 1. The highest BCUT2D eigenvalue weighted by molar-refractivity contribution is 8.00. The van der Waals surface area contributed by atoms with Crippen LogP contribution in [0, 0.1) is 6.92 Å². The number of thioether (sulfide) groups is 1. The number of nitrogens with one attached hydrogen (secondary N) is 1. The molecule has 3 N–H and O–H groups in total. The molecule has 1 amide bonds. The van der Waals surface area contributed by atoms with Crippen LogP contribution in [-0.4, -0.2) is 89.2 Å². The van der Waals surface area contributed by atoms with E-state index in [-0.39, 0.29) is 36.1 Å². The van der Waals surface area contributed by atoms with E-state index < -0.39 is 0 Å². The van der Waals surface area contributed by atoms with E-state index in [1.165, 1.54) is 12.7 Å². The smallest absolute Gasteiger partial charge is 0.306 e. The third kappa shape index (κ3) is 14.8. The predicted octanol–water partition coefficient (Wildman–Crippen LogP) is 8.33. The van der Waals surface area contributed by atoms with Crippen LogP contribution in [0.25, 0.3) is 0 Å². The zero-order valence-corrected chi connectivity index (χ0v) is 36.8. The summed E-state index contributed by atoms with van der Waals surface area (Å²) in [5.74, 6) is 1.04. The molecule has 0 bridgehead atoms. The van der Waals surface area contributed by atoms with Crippen molar-refractivity contribution >= 4 is 29.3 Å². The molecule has 0 aromatic heterocycles. The lowest BCUT2D eigenvalue weighted by molar-refractivity contribution is -0.140. The quantitative estimate of drug-likeness (QED) is 0.0519. The second kappa shape index (κ2) is 25.0. The first-order chi connectivity index (χ1) is 28.6. The van der Waals surface area contributed by atoms with Crippen LogP contribution in [0.1, 0.15) is 62.6 Å². The Kier molecular flexibility index (Phi) is 19.8. The van der Waals surface area contributed by atoms with E-state index in [4.69, 9.17) is 24.7 Å². The third-order valence-electron chi connectivity index (χ3n) is 10.0. The van der Waals surface area contributed by atoms with Crippen LogP contribution >= 0.6 is 11.8 Å². The molecule has 318 valence electrons. The van der Waals surface area contributed by atoms with Crippen molar-refractivity contribution in [2.75, 3.05) is 72.1 Å². The highest BCUT2D eigenvalue weighted by Gasteiger charge is 2.26. The molecule has 3 aromatic carbocycles. The van der Waals surface area contributed by atoms with Crippen molar-refractivity contribution in [3.8, 4) is 5.75 Å². The highest BCUT2D eigenvalue weighted by atomic mass is 32.2. The molecule has 59 heavy (non-hydrogen) atoms. The lowest BCUT2D eigenvalue weighted by Gasteiger charge is -2.27. The molecule has 2 atom stereocenters. The molecule has 10 nitrogen and oxygen atoms in total. The standard InChI is InChI=1S/C48H64N4O6S/c1-8-47(53)52(29-28-51(5)6)45-19-12-13-20-46(45)59-36(4)38-16-14-17-39(26-23-38)57-32-37-21-24-40(25-22-37)58-33-43(44(50-9-2)34-56-30-27-49)42(31-48(54)55-7)41-18-11-10-15-35(41)3/h10-13,15-26,36,42,50H,8-9,14,27-34,49H2,1-7H3/b44-43-. The number of amides is 1. The van der Waals surface area contributed by atoms with Crippen LogP contribution in [-0.2, 0) is 30.4 Å². The monoisotopic (exact) mass is 824 g/mol. The molecule has 0 saturated heterocycles. The minimum absolute atomic E-state index is 0.124. The van der Waals surface area contributed by atoms with Crippen molar-refractivity contribution in [3.05, 3.63) is 136 Å². The summed E-state index contributed by atoms with van der Waals surface area (Å²) in [5.41, 5.74) is 12.8. The van der Waals surface area contributed by atoms with E-state index in [1.54, 1.807) is 11.8 Å². The lowest BCUT2D eigenvalue weighted by Crippen LogP contribution is -2.36. The summed E-state index contributed by atoms with van der Waals surface area (Å²) in [5, 5.41) is 3.64. The average Bonchev–Trinajstić information content (AvgIpc) is 3.49. The van der Waals surface area contributed by atoms with Gasteiger partial charge in [-0.2, -0.15) is 0 Å². The maximum Gasteiger partial charge on any atom is 0.306 e. The van der Waals surface area contributed by atoms with Gasteiger partial charge in [-0.05, 0) is 106 Å². The summed E-state index contributed by atoms with van der Waals surface area (Å²) in [7, 11) is 5.47. The topological polar surface area (TPSA) is 116 Å². The molecule has 0 aliphatic heterocycles. The Morgan fingerprint density at radius 3 is 2.36 bits per heavy atom. The molecular formula is C48H64N4O6S. The number of nitrogens with two attached hydrogens (primary N) is 1. The predicted molar refractivity (Wildman–Crippen MR) is 241 cm³/mol. The fourth-order valence-corrected chi connectivity index (χ4v) is 7.88. The molecule has 3 aromatic rings. The van der Waals surface area contributed by atoms with Crippen molar-refractivity contribution in [2.24, 2.45) is 5.73 Å². The zero-order valence-electron chi connectivity index (χ0n) is 36.0. The Morgan fingerprint density at radius 2 is 1.66 bits per heavy atom. The van der Waals surface area contributed by atoms with Gasteiger partial charge in [-0.15, -0.1) is 11.8 Å². The number of nitrogens with zero attached hydrogens (tertiary/aromatic N) is 2. The first kappa shape index (κ1) is 46.9. The highest BCUT2D eigenvalue weighted by Crippen LogP contribution is 2.37. The molecule has 0 saturated carbocycles. The summed E-state index contributed by atoms with van der Waals surface area (Å²) in [6.45, 7) is 12.1. The minimum atomic E-state index is -0.303. The van der Waals surface area contributed by atoms with Crippen LogP contribution in [0.15, 0.2) is 125 Å². The van der Waals surface area contributed by atoms with Gasteiger partial charge in [-0.3, -0.25) is 9.59 Å². The summed E-state index contributed by atoms with van der Waals surface area (Å²) >= 11 is 1.77. The number of methoxy groups -OCH3 is 1. The van der Waals surface area contributed by atoms with E-state index in [2.05, 4.69) is 47.5 Å². The Labute approximate surface area is 356 Å². The first-order valence-electron chi connectivity index (χ1n) is 20.6. The van der Waals surface area contributed by atoms with Gasteiger partial charge in [0.2, 0.25) is 5.91 Å². The molecular weight excluding hydrogens is 761 g/mol. The van der Waals surface area contributed by atoms with E-state index in [9.17, 15) is 9.59 Å². The van der Waals surface area contributed by atoms with Crippen molar-refractivity contribution < 1.29 is 28.5 Å². The van der Waals surface area contributed by atoms with Crippen LogP contribution in [0.5, 0.6) is 5.75 Å². The Morgan fingerprint density at radius 1 is 0.915 bits per heavy atom. The molecule has 0 spiro atoms. The number of para-hydroxylation sites is 1. The number of hydrogen-bond donors (Lipinski definition) is 2. The number of ether oxygens (including phenoxy) is 4.